The van der Waals surface area contributed by atoms with Crippen molar-refractivity contribution in [1.29, 1.82) is 0 Å². The third-order valence-electron chi connectivity index (χ3n) is 2.08. The number of sulfone groups is 1. The van der Waals surface area contributed by atoms with Crippen LogP contribution in [0.4, 0.5) is 0 Å². The molecule has 2 unspecified atom stereocenters. The Balaban J connectivity index is 2.43. The first-order valence-corrected chi connectivity index (χ1v) is 6.37. The highest BCUT2D eigenvalue weighted by Crippen LogP contribution is 2.20. The largest absolute Gasteiger partial charge is 0.325 e. The summed E-state index contributed by atoms with van der Waals surface area (Å²) in [6.45, 7) is 4.09. The second-order valence-corrected chi connectivity index (χ2v) is 5.53. The van der Waals surface area contributed by atoms with Gasteiger partial charge in [-0.25, -0.2) is 8.42 Å². The zero-order valence-corrected chi connectivity index (χ0v) is 9.16. The summed E-state index contributed by atoms with van der Waals surface area (Å²) in [5.41, 5.74) is 0. The van der Waals surface area contributed by atoms with Gasteiger partial charge in [0.05, 0.1) is 24.2 Å². The summed E-state index contributed by atoms with van der Waals surface area (Å²) in [4.78, 5) is 13.1. The van der Waals surface area contributed by atoms with E-state index in [4.69, 9.17) is 0 Å². The van der Waals surface area contributed by atoms with E-state index in [0.29, 0.717) is 6.61 Å². The van der Waals surface area contributed by atoms with E-state index in [1.54, 1.807) is 6.92 Å². The first-order chi connectivity index (χ1) is 6.55. The van der Waals surface area contributed by atoms with Crippen molar-refractivity contribution in [3.05, 3.63) is 0 Å². The summed E-state index contributed by atoms with van der Waals surface area (Å²) in [6.07, 6.45) is 1.17. The molecule has 5 nitrogen and oxygen atoms in total. The molecule has 0 spiro atoms. The van der Waals surface area contributed by atoms with E-state index in [1.807, 2.05) is 6.92 Å². The van der Waals surface area contributed by atoms with Crippen LogP contribution in [0, 0.1) is 5.92 Å². The molecule has 1 fully saturated rings. The van der Waals surface area contributed by atoms with Crippen LogP contribution < -0.4 is 0 Å². The van der Waals surface area contributed by atoms with E-state index >= 15 is 0 Å². The zero-order valence-electron chi connectivity index (χ0n) is 8.34. The van der Waals surface area contributed by atoms with Crippen molar-refractivity contribution in [3.8, 4) is 0 Å². The Labute approximate surface area is 84.0 Å². The number of hydrogen-bond acceptors (Lipinski definition) is 5. The van der Waals surface area contributed by atoms with E-state index in [9.17, 15) is 8.42 Å². The van der Waals surface area contributed by atoms with Crippen molar-refractivity contribution in [3.63, 3.8) is 0 Å². The van der Waals surface area contributed by atoms with E-state index < -0.39 is 9.84 Å². The minimum Gasteiger partial charge on any atom is -0.325 e. The maximum absolute atomic E-state index is 11.2. The van der Waals surface area contributed by atoms with Gasteiger partial charge < -0.3 is 4.89 Å². The normalized spacial score (nSPS) is 31.0. The van der Waals surface area contributed by atoms with Gasteiger partial charge in [-0.2, -0.15) is 4.89 Å². The average Bonchev–Trinajstić information content (AvgIpc) is 2.34. The Morgan fingerprint density at radius 1 is 1.50 bits per heavy atom. The third-order valence-corrected chi connectivity index (χ3v) is 3.96. The predicted molar refractivity (Wildman–Crippen MR) is 52.8 cm³/mol. The summed E-state index contributed by atoms with van der Waals surface area (Å²) in [6, 6.07) is -0.194. The molecule has 0 radical (unpaired) electrons. The van der Waals surface area contributed by atoms with Crippen molar-refractivity contribution in [2.75, 3.05) is 18.1 Å². The van der Waals surface area contributed by atoms with Crippen LogP contribution in [0.2, 0.25) is 0 Å². The molecule has 6 heteroatoms. The van der Waals surface area contributed by atoms with Crippen LogP contribution in [0.3, 0.4) is 0 Å². The van der Waals surface area contributed by atoms with Crippen molar-refractivity contribution in [2.24, 2.45) is 10.9 Å². The zero-order chi connectivity index (χ0) is 10.6. The molecule has 0 N–H and O–H groups in total. The monoisotopic (exact) mass is 221 g/mol. The lowest BCUT2D eigenvalue weighted by Gasteiger charge is -2.05. The highest BCUT2D eigenvalue weighted by Gasteiger charge is 2.34. The summed E-state index contributed by atoms with van der Waals surface area (Å²) in [7, 11) is -2.90. The summed E-state index contributed by atoms with van der Waals surface area (Å²) < 4.78 is 22.4. The van der Waals surface area contributed by atoms with Crippen LogP contribution in [0.25, 0.3) is 0 Å². The number of nitrogens with zero attached hydrogens (tertiary/aromatic N) is 1. The molecule has 0 aliphatic carbocycles. The van der Waals surface area contributed by atoms with Crippen molar-refractivity contribution in [2.45, 2.75) is 19.9 Å². The fraction of sp³-hybridized carbons (Fsp3) is 0.875. The quantitative estimate of drug-likeness (QED) is 0.227. The molecule has 1 rings (SSSR count). The SMILES string of the molecule is CCOOC=NC1CS(=O)(=O)CC1C. The molecule has 82 valence electrons. The Kier molecular flexibility index (Phi) is 3.88. The second-order valence-electron chi connectivity index (χ2n) is 3.38. The van der Waals surface area contributed by atoms with Crippen LogP contribution in [-0.4, -0.2) is 39.0 Å². The number of hydrogen-bond donors (Lipinski definition) is 0. The summed E-state index contributed by atoms with van der Waals surface area (Å²) in [5.74, 6) is 0.380. The van der Waals surface area contributed by atoms with Crippen molar-refractivity contribution < 1.29 is 18.2 Å². The molecule has 0 aromatic carbocycles. The molecule has 1 aliphatic rings. The topological polar surface area (TPSA) is 65.0 Å². The van der Waals surface area contributed by atoms with Gasteiger partial charge in [-0.1, -0.05) is 6.92 Å². The van der Waals surface area contributed by atoms with Crippen LogP contribution in [0.15, 0.2) is 4.99 Å². The Hall–Kier alpha value is -0.620. The Morgan fingerprint density at radius 3 is 2.71 bits per heavy atom. The Morgan fingerprint density at radius 2 is 2.21 bits per heavy atom. The maximum Gasteiger partial charge on any atom is 0.215 e. The molecule has 0 aromatic heterocycles. The van der Waals surface area contributed by atoms with Crippen LogP contribution in [0.5, 0.6) is 0 Å². The predicted octanol–water partition coefficient (Wildman–Crippen LogP) is 0.416. The van der Waals surface area contributed by atoms with E-state index in [-0.39, 0.29) is 23.5 Å². The van der Waals surface area contributed by atoms with E-state index in [1.165, 1.54) is 6.40 Å². The smallest absolute Gasteiger partial charge is 0.215 e. The van der Waals surface area contributed by atoms with Gasteiger partial charge in [0.2, 0.25) is 6.40 Å². The minimum atomic E-state index is -2.90. The molecule has 0 amide bonds. The van der Waals surface area contributed by atoms with Gasteiger partial charge in [0, 0.05) is 0 Å². The molecule has 1 heterocycles. The first-order valence-electron chi connectivity index (χ1n) is 4.55. The van der Waals surface area contributed by atoms with Gasteiger partial charge >= 0.3 is 0 Å². The molecule has 1 aliphatic heterocycles. The summed E-state index contributed by atoms with van der Waals surface area (Å²) in [5, 5.41) is 0. The standard InChI is InChI=1S/C8H15NO4S/c1-3-12-13-6-9-8-5-14(10,11)4-7(8)2/h6-8H,3-5H2,1-2H3. The fourth-order valence-corrected chi connectivity index (χ4v) is 3.49. The van der Waals surface area contributed by atoms with Crippen LogP contribution in [0.1, 0.15) is 13.8 Å². The highest BCUT2D eigenvalue weighted by molar-refractivity contribution is 7.91. The lowest BCUT2D eigenvalue weighted by Crippen LogP contribution is -2.13. The number of rotatable bonds is 4. The highest BCUT2D eigenvalue weighted by atomic mass is 32.2. The Bertz CT molecular complexity index is 298. The number of aliphatic imine (C=N–C) groups is 1. The van der Waals surface area contributed by atoms with Gasteiger partial charge in [0.1, 0.15) is 0 Å². The molecule has 2 atom stereocenters. The van der Waals surface area contributed by atoms with Crippen LogP contribution >= 0.6 is 0 Å². The van der Waals surface area contributed by atoms with E-state index in [2.05, 4.69) is 14.8 Å². The van der Waals surface area contributed by atoms with E-state index in [0.717, 1.165) is 0 Å². The molecule has 0 bridgehead atoms. The third kappa shape index (κ3) is 3.26. The van der Waals surface area contributed by atoms with Crippen LogP contribution in [-0.2, 0) is 19.6 Å². The molecule has 1 saturated heterocycles. The van der Waals surface area contributed by atoms with Gasteiger partial charge in [0.15, 0.2) is 9.84 Å². The second kappa shape index (κ2) is 4.75. The molecule has 0 aromatic rings. The minimum absolute atomic E-state index is 0.0569. The van der Waals surface area contributed by atoms with Crippen molar-refractivity contribution >= 4 is 16.2 Å². The first kappa shape index (κ1) is 11.5. The molecule has 14 heavy (non-hydrogen) atoms. The van der Waals surface area contributed by atoms with Gasteiger partial charge in [-0.05, 0) is 12.8 Å². The van der Waals surface area contributed by atoms with Gasteiger partial charge in [-0.3, -0.25) is 4.99 Å². The fourth-order valence-electron chi connectivity index (χ4n) is 1.40. The lowest BCUT2D eigenvalue weighted by atomic mass is 10.1. The van der Waals surface area contributed by atoms with Crippen molar-refractivity contribution in [1.82, 2.24) is 0 Å². The van der Waals surface area contributed by atoms with Gasteiger partial charge in [0.25, 0.3) is 0 Å². The maximum atomic E-state index is 11.2. The molecular formula is C8H15NO4S. The molecular weight excluding hydrogens is 206 g/mol. The summed E-state index contributed by atoms with van der Waals surface area (Å²) >= 11 is 0. The van der Waals surface area contributed by atoms with Gasteiger partial charge in [-0.15, -0.1) is 0 Å². The average molecular weight is 221 g/mol. The molecule has 0 saturated carbocycles. The lowest BCUT2D eigenvalue weighted by molar-refractivity contribution is -0.212.